The van der Waals surface area contributed by atoms with Gasteiger partial charge in [0.15, 0.2) is 5.11 Å². The predicted octanol–water partition coefficient (Wildman–Crippen LogP) is 3.50. The molecule has 0 radical (unpaired) electrons. The van der Waals surface area contributed by atoms with E-state index in [4.69, 9.17) is 12.2 Å². The summed E-state index contributed by atoms with van der Waals surface area (Å²) >= 11 is 5.24. The number of hydrogen-bond acceptors (Lipinski definition) is 3. The molecule has 1 amide bonds. The summed E-state index contributed by atoms with van der Waals surface area (Å²) in [6, 6.07) is 5.56. The van der Waals surface area contributed by atoms with Crippen molar-refractivity contribution in [1.29, 1.82) is 0 Å². The van der Waals surface area contributed by atoms with Crippen LogP contribution in [0.4, 0.5) is 5.82 Å². The fourth-order valence-electron chi connectivity index (χ4n) is 5.60. The maximum atomic E-state index is 12.5. The molecule has 4 saturated carbocycles. The highest BCUT2D eigenvalue weighted by Crippen LogP contribution is 2.61. The van der Waals surface area contributed by atoms with Gasteiger partial charge in [0.05, 0.1) is 0 Å². The second kappa shape index (κ2) is 5.86. The Balaban J connectivity index is 1.34. The van der Waals surface area contributed by atoms with Gasteiger partial charge in [-0.05, 0) is 86.0 Å². The summed E-state index contributed by atoms with van der Waals surface area (Å²) in [5, 5.41) is 6.16. The molecule has 0 saturated heterocycles. The second-order valence-electron chi connectivity index (χ2n) is 7.81. The van der Waals surface area contributed by atoms with Crippen molar-refractivity contribution in [3.8, 4) is 0 Å². The van der Waals surface area contributed by atoms with Crippen molar-refractivity contribution in [3.63, 3.8) is 0 Å². The Kier molecular flexibility index (Phi) is 3.84. The standard InChI is InChI=1S/C18H23N3OS/c22-16(21-17(23)20-15-3-1-2-4-19-15)11-18-8-12-5-13(9-18)7-14(6-12)10-18/h1-4,12-14H,5-11H2,(H2,19,20,21,22,23). The molecule has 5 rings (SSSR count). The Labute approximate surface area is 142 Å². The van der Waals surface area contributed by atoms with E-state index in [1.54, 1.807) is 6.20 Å². The molecule has 4 bridgehead atoms. The van der Waals surface area contributed by atoms with Gasteiger partial charge in [0.2, 0.25) is 5.91 Å². The zero-order chi connectivity index (χ0) is 15.9. The van der Waals surface area contributed by atoms with Crippen LogP contribution in [0.25, 0.3) is 0 Å². The molecule has 1 aromatic heterocycles. The van der Waals surface area contributed by atoms with E-state index in [0.29, 0.717) is 17.4 Å². The Bertz CT molecular complexity index is 581. The molecule has 0 unspecified atom stereocenters. The molecule has 5 heteroatoms. The lowest BCUT2D eigenvalue weighted by Gasteiger charge is -2.56. The smallest absolute Gasteiger partial charge is 0.226 e. The number of carbonyl (C=O) groups is 1. The third-order valence-corrected chi connectivity index (χ3v) is 6.06. The lowest BCUT2D eigenvalue weighted by molar-refractivity contribution is -0.127. The van der Waals surface area contributed by atoms with Crippen LogP contribution in [0.1, 0.15) is 44.9 Å². The first-order valence-electron chi connectivity index (χ1n) is 8.62. The van der Waals surface area contributed by atoms with Gasteiger partial charge >= 0.3 is 0 Å². The third-order valence-electron chi connectivity index (χ3n) is 5.86. The van der Waals surface area contributed by atoms with E-state index in [-0.39, 0.29) is 11.3 Å². The summed E-state index contributed by atoms with van der Waals surface area (Å²) in [6.45, 7) is 0. The van der Waals surface area contributed by atoms with Crippen LogP contribution < -0.4 is 10.6 Å². The van der Waals surface area contributed by atoms with Gasteiger partial charge in [0, 0.05) is 12.6 Å². The van der Waals surface area contributed by atoms with Crippen molar-refractivity contribution < 1.29 is 4.79 Å². The zero-order valence-corrected chi connectivity index (χ0v) is 14.1. The lowest BCUT2D eigenvalue weighted by atomic mass is 9.49. The highest BCUT2D eigenvalue weighted by atomic mass is 32.1. The van der Waals surface area contributed by atoms with Gasteiger partial charge in [-0.25, -0.2) is 4.98 Å². The van der Waals surface area contributed by atoms with Crippen molar-refractivity contribution in [2.45, 2.75) is 44.9 Å². The van der Waals surface area contributed by atoms with Crippen LogP contribution in [0.15, 0.2) is 24.4 Å². The summed E-state index contributed by atoms with van der Waals surface area (Å²) in [6.07, 6.45) is 10.3. The topological polar surface area (TPSA) is 54.0 Å². The van der Waals surface area contributed by atoms with Crippen LogP contribution in [-0.2, 0) is 4.79 Å². The number of thiocarbonyl (C=S) groups is 1. The summed E-state index contributed by atoms with van der Waals surface area (Å²) in [7, 11) is 0. The van der Waals surface area contributed by atoms with Crippen LogP contribution in [-0.4, -0.2) is 16.0 Å². The van der Waals surface area contributed by atoms with E-state index in [9.17, 15) is 4.79 Å². The molecular formula is C18H23N3OS. The number of carbonyl (C=O) groups excluding carboxylic acids is 1. The number of nitrogens with one attached hydrogen (secondary N) is 2. The fourth-order valence-corrected chi connectivity index (χ4v) is 5.82. The van der Waals surface area contributed by atoms with Crippen molar-refractivity contribution in [3.05, 3.63) is 24.4 Å². The number of anilines is 1. The average molecular weight is 329 g/mol. The Morgan fingerprint density at radius 3 is 2.39 bits per heavy atom. The van der Waals surface area contributed by atoms with Gasteiger partial charge in [0.25, 0.3) is 0 Å². The van der Waals surface area contributed by atoms with E-state index in [1.165, 1.54) is 38.5 Å². The fraction of sp³-hybridized carbons (Fsp3) is 0.611. The Morgan fingerprint density at radius 1 is 1.17 bits per heavy atom. The molecule has 0 spiro atoms. The molecule has 4 aliphatic rings. The minimum atomic E-state index is 0.0559. The normalized spacial score (nSPS) is 34.2. The Hall–Kier alpha value is -1.49. The molecular weight excluding hydrogens is 306 g/mol. The van der Waals surface area contributed by atoms with Gasteiger partial charge < -0.3 is 10.6 Å². The van der Waals surface area contributed by atoms with Gasteiger partial charge in [-0.3, -0.25) is 4.79 Å². The average Bonchev–Trinajstić information content (AvgIpc) is 2.45. The number of aromatic nitrogens is 1. The summed E-state index contributed by atoms with van der Waals surface area (Å²) in [5.41, 5.74) is 0.249. The van der Waals surface area contributed by atoms with Gasteiger partial charge in [-0.2, -0.15) is 0 Å². The van der Waals surface area contributed by atoms with Gasteiger partial charge in [-0.1, -0.05) is 6.07 Å². The molecule has 0 aromatic carbocycles. The van der Waals surface area contributed by atoms with Gasteiger partial charge in [0.1, 0.15) is 5.82 Å². The molecule has 4 aliphatic carbocycles. The van der Waals surface area contributed by atoms with E-state index in [2.05, 4.69) is 15.6 Å². The van der Waals surface area contributed by atoms with Crippen LogP contribution in [0.3, 0.4) is 0 Å². The number of pyridine rings is 1. The third kappa shape index (κ3) is 3.25. The van der Waals surface area contributed by atoms with Crippen LogP contribution in [0.5, 0.6) is 0 Å². The first kappa shape index (κ1) is 15.1. The molecule has 4 fully saturated rings. The van der Waals surface area contributed by atoms with Crippen LogP contribution >= 0.6 is 12.2 Å². The first-order valence-corrected chi connectivity index (χ1v) is 9.03. The van der Waals surface area contributed by atoms with Crippen molar-refractivity contribution in [2.75, 3.05) is 5.32 Å². The number of nitrogens with zero attached hydrogens (tertiary/aromatic N) is 1. The molecule has 122 valence electrons. The zero-order valence-electron chi connectivity index (χ0n) is 13.3. The molecule has 4 nitrogen and oxygen atoms in total. The first-order chi connectivity index (χ1) is 11.1. The van der Waals surface area contributed by atoms with Crippen molar-refractivity contribution in [2.24, 2.45) is 23.2 Å². The maximum absolute atomic E-state index is 12.5. The quantitative estimate of drug-likeness (QED) is 0.834. The molecule has 23 heavy (non-hydrogen) atoms. The van der Waals surface area contributed by atoms with Crippen LogP contribution in [0, 0.1) is 23.2 Å². The minimum absolute atomic E-state index is 0.0559. The number of hydrogen-bond donors (Lipinski definition) is 2. The molecule has 0 aliphatic heterocycles. The summed E-state index contributed by atoms with van der Waals surface area (Å²) in [4.78, 5) is 16.6. The number of rotatable bonds is 3. The molecule has 0 atom stereocenters. The van der Waals surface area contributed by atoms with Crippen molar-refractivity contribution >= 4 is 29.1 Å². The van der Waals surface area contributed by atoms with Gasteiger partial charge in [-0.15, -0.1) is 0 Å². The minimum Gasteiger partial charge on any atom is -0.317 e. The summed E-state index contributed by atoms with van der Waals surface area (Å²) < 4.78 is 0. The van der Waals surface area contributed by atoms with Crippen LogP contribution in [0.2, 0.25) is 0 Å². The predicted molar refractivity (Wildman–Crippen MR) is 93.8 cm³/mol. The Morgan fingerprint density at radius 2 is 1.83 bits per heavy atom. The van der Waals surface area contributed by atoms with E-state index < -0.39 is 0 Å². The lowest BCUT2D eigenvalue weighted by Crippen LogP contribution is -2.48. The molecule has 1 heterocycles. The van der Waals surface area contributed by atoms with E-state index >= 15 is 0 Å². The second-order valence-corrected chi connectivity index (χ2v) is 8.22. The monoisotopic (exact) mass is 329 g/mol. The van der Waals surface area contributed by atoms with E-state index in [0.717, 1.165) is 17.8 Å². The SMILES string of the molecule is O=C(CC12CC3CC(CC(C3)C1)C2)NC(=S)Nc1ccccn1. The largest absolute Gasteiger partial charge is 0.317 e. The molecule has 2 N–H and O–H groups in total. The van der Waals surface area contributed by atoms with Crippen molar-refractivity contribution in [1.82, 2.24) is 10.3 Å². The highest BCUT2D eigenvalue weighted by Gasteiger charge is 2.51. The molecule has 1 aromatic rings. The summed E-state index contributed by atoms with van der Waals surface area (Å²) in [5.74, 6) is 3.32. The number of amides is 1. The highest BCUT2D eigenvalue weighted by molar-refractivity contribution is 7.80. The van der Waals surface area contributed by atoms with E-state index in [1.807, 2.05) is 18.2 Å². The maximum Gasteiger partial charge on any atom is 0.226 e.